The van der Waals surface area contributed by atoms with Gasteiger partial charge in [0.25, 0.3) is 5.91 Å². The van der Waals surface area contributed by atoms with Crippen molar-refractivity contribution in [1.29, 1.82) is 0 Å². The van der Waals surface area contributed by atoms with Crippen LogP contribution in [0.25, 0.3) is 0 Å². The number of halogens is 1. The van der Waals surface area contributed by atoms with Gasteiger partial charge in [-0.3, -0.25) is 4.79 Å². The molecule has 0 saturated heterocycles. The van der Waals surface area contributed by atoms with Gasteiger partial charge in [-0.05, 0) is 31.2 Å². The summed E-state index contributed by atoms with van der Waals surface area (Å²) in [5.74, 6) is 0.0972. The molecular weight excluding hydrogens is 262 g/mol. The lowest BCUT2D eigenvalue weighted by Crippen LogP contribution is -2.45. The molecular formula is C14H22ClNOSi. The van der Waals surface area contributed by atoms with Crippen molar-refractivity contribution in [2.45, 2.75) is 33.5 Å². The molecule has 4 heteroatoms. The van der Waals surface area contributed by atoms with Crippen molar-refractivity contribution >= 4 is 30.8 Å². The zero-order valence-corrected chi connectivity index (χ0v) is 13.6. The minimum atomic E-state index is -1.64. The Morgan fingerprint density at radius 3 is 2.22 bits per heavy atom. The van der Waals surface area contributed by atoms with Crippen LogP contribution in [0.2, 0.25) is 24.7 Å². The zero-order valence-electron chi connectivity index (χ0n) is 11.9. The number of hydrogen-bond donors (Lipinski definition) is 0. The molecule has 1 aromatic carbocycles. The minimum Gasteiger partial charge on any atom is -0.339 e. The van der Waals surface area contributed by atoms with Crippen LogP contribution in [0.1, 0.15) is 24.2 Å². The van der Waals surface area contributed by atoms with Gasteiger partial charge in [-0.2, -0.15) is 0 Å². The first kappa shape index (κ1) is 15.3. The van der Waals surface area contributed by atoms with E-state index in [0.717, 1.165) is 28.9 Å². The van der Waals surface area contributed by atoms with Crippen LogP contribution in [0.4, 0.5) is 0 Å². The Bertz CT molecular complexity index is 436. The van der Waals surface area contributed by atoms with Crippen LogP contribution in [0, 0.1) is 0 Å². The first-order chi connectivity index (χ1) is 8.32. The van der Waals surface area contributed by atoms with Gasteiger partial charge in [-0.1, -0.05) is 37.3 Å². The van der Waals surface area contributed by atoms with E-state index in [1.165, 1.54) is 0 Å². The summed E-state index contributed by atoms with van der Waals surface area (Å²) in [6, 6.07) is 5.65. The summed E-state index contributed by atoms with van der Waals surface area (Å²) in [7, 11) is -1.64. The van der Waals surface area contributed by atoms with Crippen molar-refractivity contribution in [3.05, 3.63) is 28.8 Å². The van der Waals surface area contributed by atoms with Gasteiger partial charge in [0.15, 0.2) is 0 Å². The van der Waals surface area contributed by atoms with E-state index in [-0.39, 0.29) is 5.91 Å². The summed E-state index contributed by atoms with van der Waals surface area (Å²) in [6.45, 7) is 12.1. The van der Waals surface area contributed by atoms with Crippen LogP contribution in [0.5, 0.6) is 0 Å². The van der Waals surface area contributed by atoms with E-state index in [4.69, 9.17) is 11.6 Å². The predicted octanol–water partition coefficient (Wildman–Crippen LogP) is 3.37. The molecule has 0 bridgehead atoms. The van der Waals surface area contributed by atoms with Crippen molar-refractivity contribution in [3.63, 3.8) is 0 Å². The lowest BCUT2D eigenvalue weighted by molar-refractivity contribution is 0.0774. The SMILES string of the molecule is CCN(CC)C(=O)c1cccc(Cl)c1[Si](C)(C)C. The second-order valence-corrected chi connectivity index (χ2v) is 10.8. The molecule has 2 nitrogen and oxygen atoms in total. The van der Waals surface area contributed by atoms with Crippen molar-refractivity contribution in [2.24, 2.45) is 0 Å². The number of rotatable bonds is 4. The molecule has 1 amide bonds. The Morgan fingerprint density at radius 1 is 1.22 bits per heavy atom. The van der Waals surface area contributed by atoms with Crippen LogP contribution in [0.15, 0.2) is 18.2 Å². The Kier molecular flexibility index (Phi) is 4.99. The van der Waals surface area contributed by atoms with Crippen molar-refractivity contribution < 1.29 is 4.79 Å². The van der Waals surface area contributed by atoms with Gasteiger partial charge < -0.3 is 4.90 Å². The molecule has 0 N–H and O–H groups in total. The molecule has 100 valence electrons. The maximum absolute atomic E-state index is 12.5. The normalized spacial score (nSPS) is 11.4. The molecule has 0 aliphatic carbocycles. The van der Waals surface area contributed by atoms with Gasteiger partial charge in [0.05, 0.1) is 8.07 Å². The summed E-state index contributed by atoms with van der Waals surface area (Å²) < 4.78 is 0. The monoisotopic (exact) mass is 283 g/mol. The number of amides is 1. The van der Waals surface area contributed by atoms with Crippen LogP contribution in [-0.4, -0.2) is 32.0 Å². The molecule has 0 fully saturated rings. The Labute approximate surface area is 116 Å². The van der Waals surface area contributed by atoms with Crippen LogP contribution in [-0.2, 0) is 0 Å². The molecule has 1 aromatic rings. The fourth-order valence-electron chi connectivity index (χ4n) is 2.15. The molecule has 0 aromatic heterocycles. The lowest BCUT2D eigenvalue weighted by Gasteiger charge is -2.25. The van der Waals surface area contributed by atoms with Crippen molar-refractivity contribution in [2.75, 3.05) is 13.1 Å². The highest BCUT2D eigenvalue weighted by Crippen LogP contribution is 2.17. The Morgan fingerprint density at radius 2 is 1.78 bits per heavy atom. The van der Waals surface area contributed by atoms with E-state index >= 15 is 0 Å². The van der Waals surface area contributed by atoms with Gasteiger partial charge in [-0.15, -0.1) is 0 Å². The lowest BCUT2D eigenvalue weighted by atomic mass is 10.2. The fraction of sp³-hybridized carbons (Fsp3) is 0.500. The first-order valence-electron chi connectivity index (χ1n) is 6.41. The third kappa shape index (κ3) is 3.15. The smallest absolute Gasteiger partial charge is 0.253 e. The summed E-state index contributed by atoms with van der Waals surface area (Å²) in [4.78, 5) is 14.4. The third-order valence-electron chi connectivity index (χ3n) is 3.04. The second kappa shape index (κ2) is 5.89. The second-order valence-electron chi connectivity index (χ2n) is 5.39. The van der Waals surface area contributed by atoms with Gasteiger partial charge in [0.2, 0.25) is 0 Å². The maximum Gasteiger partial charge on any atom is 0.253 e. The fourth-order valence-corrected chi connectivity index (χ4v) is 4.97. The number of nitrogens with zero attached hydrogens (tertiary/aromatic N) is 1. The maximum atomic E-state index is 12.5. The standard InChI is InChI=1S/C14H22ClNOSi/c1-6-16(7-2)14(17)11-9-8-10-12(15)13(11)18(3,4)5/h8-10H,6-7H2,1-5H3. The average Bonchev–Trinajstić information content (AvgIpc) is 2.28. The van der Waals surface area contributed by atoms with E-state index < -0.39 is 8.07 Å². The quantitative estimate of drug-likeness (QED) is 0.776. The molecule has 18 heavy (non-hydrogen) atoms. The van der Waals surface area contributed by atoms with Crippen LogP contribution in [0.3, 0.4) is 0 Å². The molecule has 0 aliphatic heterocycles. The van der Waals surface area contributed by atoms with Gasteiger partial charge in [0.1, 0.15) is 0 Å². The predicted molar refractivity (Wildman–Crippen MR) is 81.7 cm³/mol. The molecule has 0 spiro atoms. The Balaban J connectivity index is 3.33. The van der Waals surface area contributed by atoms with E-state index in [1.807, 2.05) is 36.9 Å². The highest BCUT2D eigenvalue weighted by Gasteiger charge is 2.27. The highest BCUT2D eigenvalue weighted by molar-refractivity contribution is 6.91. The largest absolute Gasteiger partial charge is 0.339 e. The molecule has 0 aliphatic rings. The number of carbonyl (C=O) groups excluding carboxylic acids is 1. The van der Waals surface area contributed by atoms with E-state index in [1.54, 1.807) is 0 Å². The third-order valence-corrected chi connectivity index (χ3v) is 5.56. The van der Waals surface area contributed by atoms with Gasteiger partial charge in [0, 0.05) is 23.7 Å². The molecule has 0 heterocycles. The topological polar surface area (TPSA) is 20.3 Å². The van der Waals surface area contributed by atoms with Gasteiger partial charge >= 0.3 is 0 Å². The van der Waals surface area contributed by atoms with Crippen LogP contribution >= 0.6 is 11.6 Å². The number of benzene rings is 1. The summed E-state index contributed by atoms with van der Waals surface area (Å²) in [5.41, 5.74) is 0.783. The van der Waals surface area contributed by atoms with E-state index in [2.05, 4.69) is 19.6 Å². The first-order valence-corrected chi connectivity index (χ1v) is 10.3. The number of hydrogen-bond acceptors (Lipinski definition) is 1. The summed E-state index contributed by atoms with van der Waals surface area (Å²) in [6.07, 6.45) is 0. The average molecular weight is 284 g/mol. The molecule has 1 rings (SSSR count). The minimum absolute atomic E-state index is 0.0972. The summed E-state index contributed by atoms with van der Waals surface area (Å²) >= 11 is 6.31. The molecule has 0 atom stereocenters. The van der Waals surface area contributed by atoms with E-state index in [0.29, 0.717) is 0 Å². The molecule has 0 radical (unpaired) electrons. The highest BCUT2D eigenvalue weighted by atomic mass is 35.5. The van der Waals surface area contributed by atoms with E-state index in [9.17, 15) is 4.79 Å². The molecule has 0 unspecified atom stereocenters. The van der Waals surface area contributed by atoms with Gasteiger partial charge in [-0.25, -0.2) is 0 Å². The summed E-state index contributed by atoms with van der Waals surface area (Å²) in [5, 5.41) is 1.80. The molecule has 0 saturated carbocycles. The zero-order chi connectivity index (χ0) is 13.9. The van der Waals surface area contributed by atoms with Crippen LogP contribution < -0.4 is 5.19 Å². The Hall–Kier alpha value is -0.803. The van der Waals surface area contributed by atoms with Crippen molar-refractivity contribution in [3.8, 4) is 0 Å². The van der Waals surface area contributed by atoms with Crippen molar-refractivity contribution in [1.82, 2.24) is 4.90 Å². The number of carbonyl (C=O) groups is 1.